The third-order valence-electron chi connectivity index (χ3n) is 7.29. The molecule has 0 aliphatic carbocycles. The SMILES string of the molecule is CCC(/C=C1\[Se]c2cc(C)c(C)cc2N1CCCS(=O)(=O)O)=C\c1[se]c2cc(C)c(C)cc2[n+]1CCCS(=O)(=O)O. The molecule has 12 heteroatoms. The molecule has 8 nitrogen and oxygen atoms in total. The van der Waals surface area contributed by atoms with Crippen LogP contribution >= 0.6 is 0 Å². The molecule has 0 fully saturated rings. The van der Waals surface area contributed by atoms with Gasteiger partial charge in [0.1, 0.15) is 0 Å². The molecule has 4 rings (SSSR count). The molecule has 0 unspecified atom stereocenters. The third-order valence-corrected chi connectivity index (χ3v) is 13.5. The standard InChI is InChI=1S/C29H36N2O6S2Se2/c1-6-23(17-28-30(9-7-11-38(32,33)34)24-13-19(2)21(4)15-26(24)40-28)18-29-31(10-8-12-39(35,36)37)25-14-20(3)22(5)16-27(25)41-29/h13-18H,6-12H2,1-5H3,(H-,32,33,34,35,36,37)/p+1. The summed E-state index contributed by atoms with van der Waals surface area (Å²) in [5.74, 6) is -0.563. The van der Waals surface area contributed by atoms with Crippen molar-refractivity contribution in [1.29, 1.82) is 0 Å². The zero-order valence-electron chi connectivity index (χ0n) is 24.0. The van der Waals surface area contributed by atoms with Crippen LogP contribution in [0.5, 0.6) is 0 Å². The van der Waals surface area contributed by atoms with Crippen LogP contribution in [0.3, 0.4) is 0 Å². The summed E-state index contributed by atoms with van der Waals surface area (Å²) in [5, 5.41) is 0. The Morgan fingerprint density at radius 2 is 1.51 bits per heavy atom. The Labute approximate surface area is 255 Å². The Kier molecular flexibility index (Phi) is 10.1. The number of hydrogen-bond acceptors (Lipinski definition) is 5. The second-order valence-electron chi connectivity index (χ2n) is 10.5. The molecule has 0 saturated carbocycles. The van der Waals surface area contributed by atoms with Gasteiger partial charge in [-0.2, -0.15) is 0 Å². The van der Waals surface area contributed by atoms with Gasteiger partial charge in [-0.25, -0.2) is 0 Å². The van der Waals surface area contributed by atoms with Gasteiger partial charge >= 0.3 is 257 Å². The predicted octanol–water partition coefficient (Wildman–Crippen LogP) is 3.46. The fourth-order valence-corrected chi connectivity index (χ4v) is 11.0. The number of allylic oxidation sites excluding steroid dienone is 2. The molecule has 0 bridgehead atoms. The van der Waals surface area contributed by atoms with E-state index in [0.29, 0.717) is 25.9 Å². The number of aromatic nitrogens is 1. The number of nitrogens with zero attached hydrogens (tertiary/aromatic N) is 2. The summed E-state index contributed by atoms with van der Waals surface area (Å²) in [6.07, 6.45) is 5.87. The first-order valence-electron chi connectivity index (χ1n) is 13.5. The molecule has 3 aromatic rings. The second-order valence-corrected chi connectivity index (χ2v) is 18.1. The Balaban J connectivity index is 1.75. The Hall–Kier alpha value is -1.75. The van der Waals surface area contributed by atoms with Gasteiger partial charge in [-0.3, -0.25) is 0 Å². The minimum absolute atomic E-state index is 0.0397. The van der Waals surface area contributed by atoms with Gasteiger partial charge in [-0.15, -0.1) is 0 Å². The van der Waals surface area contributed by atoms with Crippen LogP contribution in [0, 0.1) is 27.7 Å². The van der Waals surface area contributed by atoms with Crippen molar-refractivity contribution in [3.05, 3.63) is 67.3 Å². The van der Waals surface area contributed by atoms with Crippen LogP contribution in [-0.4, -0.2) is 73.5 Å². The maximum atomic E-state index is 11.4. The Morgan fingerprint density at radius 3 is 2.17 bits per heavy atom. The van der Waals surface area contributed by atoms with E-state index in [1.54, 1.807) is 0 Å². The molecule has 222 valence electrons. The molecule has 1 aliphatic heterocycles. The molecule has 0 atom stereocenters. The fourth-order valence-electron chi connectivity index (χ4n) is 4.76. The zero-order chi connectivity index (χ0) is 30.1. The van der Waals surface area contributed by atoms with Crippen LogP contribution in [0.25, 0.3) is 15.9 Å². The van der Waals surface area contributed by atoms with Crippen molar-refractivity contribution >= 4 is 75.7 Å². The van der Waals surface area contributed by atoms with E-state index >= 15 is 0 Å². The normalized spacial score (nSPS) is 15.3. The number of hydrogen-bond donors (Lipinski definition) is 2. The van der Waals surface area contributed by atoms with Crippen molar-refractivity contribution < 1.29 is 30.5 Å². The summed E-state index contributed by atoms with van der Waals surface area (Å²) >= 11 is 0.0793. The van der Waals surface area contributed by atoms with Crippen molar-refractivity contribution in [3.8, 4) is 0 Å². The number of aryl methyl sites for hydroxylation is 5. The van der Waals surface area contributed by atoms with E-state index in [1.165, 1.54) is 31.0 Å². The van der Waals surface area contributed by atoms with Gasteiger partial charge < -0.3 is 0 Å². The van der Waals surface area contributed by atoms with Crippen molar-refractivity contribution in [2.24, 2.45) is 0 Å². The van der Waals surface area contributed by atoms with Gasteiger partial charge in [-0.1, -0.05) is 0 Å². The summed E-state index contributed by atoms with van der Waals surface area (Å²) in [6, 6.07) is 8.79. The van der Waals surface area contributed by atoms with E-state index in [-0.39, 0.29) is 41.0 Å². The topological polar surface area (TPSA) is 116 Å². The van der Waals surface area contributed by atoms with E-state index in [2.05, 4.69) is 80.5 Å². The van der Waals surface area contributed by atoms with Crippen molar-refractivity contribution in [2.45, 2.75) is 60.4 Å². The molecule has 2 N–H and O–H groups in total. The second kappa shape index (κ2) is 12.9. The van der Waals surface area contributed by atoms with E-state index < -0.39 is 20.2 Å². The Morgan fingerprint density at radius 1 is 0.902 bits per heavy atom. The molecular formula is C29H37N2O6S2Se2+. The van der Waals surface area contributed by atoms with Crippen LogP contribution < -0.4 is 13.9 Å². The summed E-state index contributed by atoms with van der Waals surface area (Å²) in [4.78, 5) is 2.20. The molecule has 0 spiro atoms. The summed E-state index contributed by atoms with van der Waals surface area (Å²) in [5.41, 5.74) is 8.16. The van der Waals surface area contributed by atoms with Crippen LogP contribution in [0.4, 0.5) is 5.69 Å². The molecule has 0 radical (unpaired) electrons. The minimum atomic E-state index is -4.04. The average molecular weight is 732 g/mol. The van der Waals surface area contributed by atoms with Crippen molar-refractivity contribution in [2.75, 3.05) is 23.0 Å². The van der Waals surface area contributed by atoms with Crippen LogP contribution in [-0.2, 0) is 26.8 Å². The molecule has 1 aliphatic rings. The van der Waals surface area contributed by atoms with Gasteiger partial charge in [0, 0.05) is 0 Å². The maximum absolute atomic E-state index is 11.4. The van der Waals surface area contributed by atoms with Crippen molar-refractivity contribution in [1.82, 2.24) is 0 Å². The zero-order valence-corrected chi connectivity index (χ0v) is 29.0. The van der Waals surface area contributed by atoms with Gasteiger partial charge in [0.05, 0.1) is 0 Å². The van der Waals surface area contributed by atoms with Crippen LogP contribution in [0.15, 0.2) is 40.5 Å². The van der Waals surface area contributed by atoms with Crippen LogP contribution in [0.1, 0.15) is 53.0 Å². The molecule has 0 saturated heterocycles. The number of fused-ring (bicyclic) bond motifs is 2. The molecule has 1 aromatic heterocycles. The monoisotopic (exact) mass is 733 g/mol. The van der Waals surface area contributed by atoms with Gasteiger partial charge in [0.2, 0.25) is 0 Å². The fraction of sp³-hybridized carbons (Fsp3) is 0.414. The van der Waals surface area contributed by atoms with E-state index in [4.69, 9.17) is 0 Å². The molecule has 41 heavy (non-hydrogen) atoms. The summed E-state index contributed by atoms with van der Waals surface area (Å²) in [6.45, 7) is 11.5. The Bertz CT molecular complexity index is 1760. The molecule has 0 amide bonds. The number of anilines is 1. The van der Waals surface area contributed by atoms with E-state index in [1.807, 2.05) is 0 Å². The molecule has 2 heterocycles. The van der Waals surface area contributed by atoms with Crippen molar-refractivity contribution in [3.63, 3.8) is 0 Å². The van der Waals surface area contributed by atoms with E-state index in [9.17, 15) is 25.9 Å². The molecule has 2 aromatic carbocycles. The first-order chi connectivity index (χ1) is 19.1. The van der Waals surface area contributed by atoms with Gasteiger partial charge in [0.15, 0.2) is 0 Å². The predicted molar refractivity (Wildman–Crippen MR) is 168 cm³/mol. The summed E-state index contributed by atoms with van der Waals surface area (Å²) < 4.78 is 71.2. The first-order valence-corrected chi connectivity index (χ1v) is 20.1. The van der Waals surface area contributed by atoms with Crippen LogP contribution in [0.2, 0.25) is 0 Å². The average Bonchev–Trinajstić information content (AvgIpc) is 3.34. The summed E-state index contributed by atoms with van der Waals surface area (Å²) in [7, 11) is -8.07. The van der Waals surface area contributed by atoms with Gasteiger partial charge in [0.25, 0.3) is 0 Å². The quantitative estimate of drug-likeness (QED) is 0.177. The van der Waals surface area contributed by atoms with E-state index in [0.717, 1.165) is 32.4 Å². The van der Waals surface area contributed by atoms with Gasteiger partial charge in [-0.05, 0) is 0 Å². The number of benzene rings is 2. The first kappa shape index (κ1) is 32.2. The molecular weight excluding hydrogens is 694 g/mol. The number of rotatable bonds is 11. The third kappa shape index (κ3) is 8.21.